The Balaban J connectivity index is 1.90. The van der Waals surface area contributed by atoms with Gasteiger partial charge in [0.25, 0.3) is 0 Å². The zero-order valence-corrected chi connectivity index (χ0v) is 7.70. The van der Waals surface area contributed by atoms with Gasteiger partial charge in [-0.05, 0) is 18.8 Å². The number of carbonyl (C=O) groups excluding carboxylic acids is 1. The highest BCUT2D eigenvalue weighted by molar-refractivity contribution is 5.79. The van der Waals surface area contributed by atoms with Crippen LogP contribution in [0.25, 0.3) is 0 Å². The fourth-order valence-corrected chi connectivity index (χ4v) is 2.52. The molecular weight excluding hydrogens is 164 g/mol. The van der Waals surface area contributed by atoms with Gasteiger partial charge < -0.3 is 4.90 Å². The van der Waals surface area contributed by atoms with Crippen LogP contribution in [0.5, 0.6) is 0 Å². The minimum absolute atomic E-state index is 0.0330. The molecule has 2 aliphatic rings. The zero-order chi connectivity index (χ0) is 9.26. The molecule has 1 heterocycles. The molecule has 1 saturated heterocycles. The molecule has 0 radical (unpaired) electrons. The molecular formula is C10H14N2O. The first kappa shape index (κ1) is 8.55. The molecule has 0 aromatic heterocycles. The predicted octanol–water partition coefficient (Wildman–Crippen LogP) is 1.30. The monoisotopic (exact) mass is 178 g/mol. The Morgan fingerprint density at radius 2 is 2.23 bits per heavy atom. The molecule has 1 amide bonds. The zero-order valence-electron chi connectivity index (χ0n) is 7.70. The van der Waals surface area contributed by atoms with Crippen molar-refractivity contribution < 1.29 is 4.79 Å². The molecule has 2 fully saturated rings. The lowest BCUT2D eigenvalue weighted by Gasteiger charge is -2.50. The average Bonchev–Trinajstić information content (AvgIpc) is 2.07. The lowest BCUT2D eigenvalue weighted by Crippen LogP contribution is -2.59. The van der Waals surface area contributed by atoms with Crippen molar-refractivity contribution in [1.82, 2.24) is 4.90 Å². The third-order valence-electron chi connectivity index (χ3n) is 3.25. The molecule has 1 saturated carbocycles. The quantitative estimate of drug-likeness (QED) is 0.607. The molecule has 0 bridgehead atoms. The van der Waals surface area contributed by atoms with Crippen molar-refractivity contribution in [2.75, 3.05) is 6.54 Å². The first-order chi connectivity index (χ1) is 6.33. The summed E-state index contributed by atoms with van der Waals surface area (Å²) in [6.45, 7) is 0.908. The van der Waals surface area contributed by atoms with E-state index >= 15 is 0 Å². The first-order valence-corrected chi connectivity index (χ1v) is 4.99. The number of rotatable bonds is 1. The summed E-state index contributed by atoms with van der Waals surface area (Å²) in [7, 11) is 0. The summed E-state index contributed by atoms with van der Waals surface area (Å²) in [6.07, 6.45) is 5.06. The minimum atomic E-state index is 0.0330. The highest BCUT2D eigenvalue weighted by atomic mass is 16.2. The third-order valence-corrected chi connectivity index (χ3v) is 3.25. The van der Waals surface area contributed by atoms with E-state index in [0.717, 1.165) is 18.9 Å². The maximum Gasteiger partial charge on any atom is 0.237 e. The Morgan fingerprint density at radius 3 is 2.92 bits per heavy atom. The van der Waals surface area contributed by atoms with E-state index in [4.69, 9.17) is 5.26 Å². The second-order valence-electron chi connectivity index (χ2n) is 3.99. The van der Waals surface area contributed by atoms with Gasteiger partial charge in [-0.2, -0.15) is 5.26 Å². The molecule has 2 atom stereocenters. The molecule has 3 heteroatoms. The Hall–Kier alpha value is -1.04. The number of hydrogen-bond acceptors (Lipinski definition) is 2. The lowest BCUT2D eigenvalue weighted by molar-refractivity contribution is -0.144. The van der Waals surface area contributed by atoms with Gasteiger partial charge in [0.15, 0.2) is 0 Å². The van der Waals surface area contributed by atoms with Crippen LogP contribution in [0.15, 0.2) is 0 Å². The SMILES string of the molecule is N#CCC(=O)N1CC2CCCCC21. The highest BCUT2D eigenvalue weighted by Gasteiger charge is 2.42. The molecule has 1 aliphatic carbocycles. The Bertz CT molecular complexity index is 256. The van der Waals surface area contributed by atoms with Gasteiger partial charge in [0, 0.05) is 12.6 Å². The Kier molecular flexibility index (Phi) is 2.22. The standard InChI is InChI=1S/C10H14N2O/c11-6-5-10(13)12-7-8-3-1-2-4-9(8)12/h8-9H,1-5,7H2. The number of nitrogens with zero attached hydrogens (tertiary/aromatic N) is 2. The van der Waals surface area contributed by atoms with Crippen molar-refractivity contribution in [2.45, 2.75) is 38.1 Å². The van der Waals surface area contributed by atoms with Gasteiger partial charge in [-0.15, -0.1) is 0 Å². The van der Waals surface area contributed by atoms with Crippen molar-refractivity contribution in [2.24, 2.45) is 5.92 Å². The van der Waals surface area contributed by atoms with E-state index in [2.05, 4.69) is 0 Å². The molecule has 0 aromatic carbocycles. The van der Waals surface area contributed by atoms with Crippen LogP contribution in [0.3, 0.4) is 0 Å². The summed E-state index contributed by atoms with van der Waals surface area (Å²) in [5.74, 6) is 0.780. The molecule has 1 aliphatic heterocycles. The normalized spacial score (nSPS) is 31.5. The summed E-state index contributed by atoms with van der Waals surface area (Å²) < 4.78 is 0. The van der Waals surface area contributed by atoms with Crippen molar-refractivity contribution in [3.05, 3.63) is 0 Å². The first-order valence-electron chi connectivity index (χ1n) is 4.99. The number of carbonyl (C=O) groups is 1. The van der Waals surface area contributed by atoms with Gasteiger partial charge in [-0.3, -0.25) is 4.79 Å². The van der Waals surface area contributed by atoms with Gasteiger partial charge >= 0.3 is 0 Å². The largest absolute Gasteiger partial charge is 0.338 e. The summed E-state index contributed by atoms with van der Waals surface area (Å²) in [5, 5.41) is 8.40. The third kappa shape index (κ3) is 1.41. The summed E-state index contributed by atoms with van der Waals surface area (Å²) in [4.78, 5) is 13.3. The average molecular weight is 178 g/mol. The van der Waals surface area contributed by atoms with Crippen LogP contribution < -0.4 is 0 Å². The van der Waals surface area contributed by atoms with Crippen LogP contribution in [0.4, 0.5) is 0 Å². The van der Waals surface area contributed by atoms with Gasteiger partial charge in [0.2, 0.25) is 5.91 Å². The number of fused-ring (bicyclic) bond motifs is 1. The molecule has 70 valence electrons. The summed E-state index contributed by atoms with van der Waals surface area (Å²) in [6, 6.07) is 2.40. The molecule has 2 rings (SSSR count). The van der Waals surface area contributed by atoms with Gasteiger partial charge in [-0.25, -0.2) is 0 Å². The molecule has 13 heavy (non-hydrogen) atoms. The second kappa shape index (κ2) is 3.37. The van der Waals surface area contributed by atoms with E-state index < -0.39 is 0 Å². The second-order valence-corrected chi connectivity index (χ2v) is 3.99. The minimum Gasteiger partial charge on any atom is -0.338 e. The maximum absolute atomic E-state index is 11.4. The van der Waals surface area contributed by atoms with Crippen LogP contribution >= 0.6 is 0 Å². The topological polar surface area (TPSA) is 44.1 Å². The maximum atomic E-state index is 11.4. The van der Waals surface area contributed by atoms with E-state index in [-0.39, 0.29) is 12.3 Å². The molecule has 2 unspecified atom stereocenters. The van der Waals surface area contributed by atoms with Crippen molar-refractivity contribution in [1.29, 1.82) is 5.26 Å². The van der Waals surface area contributed by atoms with Crippen molar-refractivity contribution >= 4 is 5.91 Å². The molecule has 0 spiro atoms. The van der Waals surface area contributed by atoms with Crippen LogP contribution in [-0.2, 0) is 4.79 Å². The number of amides is 1. The van der Waals surface area contributed by atoms with Crippen LogP contribution in [-0.4, -0.2) is 23.4 Å². The van der Waals surface area contributed by atoms with E-state index in [0.29, 0.717) is 6.04 Å². The van der Waals surface area contributed by atoms with Crippen LogP contribution in [0.2, 0.25) is 0 Å². The molecule has 0 aromatic rings. The van der Waals surface area contributed by atoms with Crippen molar-refractivity contribution in [3.8, 4) is 6.07 Å². The smallest absolute Gasteiger partial charge is 0.237 e. The summed E-state index contributed by atoms with van der Waals surface area (Å²) >= 11 is 0. The van der Waals surface area contributed by atoms with Gasteiger partial charge in [0.1, 0.15) is 6.42 Å². The predicted molar refractivity (Wildman–Crippen MR) is 47.7 cm³/mol. The van der Waals surface area contributed by atoms with Gasteiger partial charge in [-0.1, -0.05) is 12.8 Å². The number of likely N-dealkylation sites (tertiary alicyclic amines) is 1. The lowest BCUT2D eigenvalue weighted by atomic mass is 9.77. The molecule has 0 N–H and O–H groups in total. The fraction of sp³-hybridized carbons (Fsp3) is 0.800. The van der Waals surface area contributed by atoms with E-state index in [1.54, 1.807) is 0 Å². The van der Waals surface area contributed by atoms with Crippen LogP contribution in [0, 0.1) is 17.2 Å². The van der Waals surface area contributed by atoms with Crippen molar-refractivity contribution in [3.63, 3.8) is 0 Å². The van der Waals surface area contributed by atoms with Gasteiger partial charge in [0.05, 0.1) is 6.07 Å². The highest BCUT2D eigenvalue weighted by Crippen LogP contribution is 2.37. The fourth-order valence-electron chi connectivity index (χ4n) is 2.52. The number of hydrogen-bond donors (Lipinski definition) is 0. The molecule has 3 nitrogen and oxygen atoms in total. The number of nitriles is 1. The van der Waals surface area contributed by atoms with E-state index in [1.807, 2.05) is 11.0 Å². The summed E-state index contributed by atoms with van der Waals surface area (Å²) in [5.41, 5.74) is 0. The van der Waals surface area contributed by atoms with Crippen LogP contribution in [0.1, 0.15) is 32.1 Å². The van der Waals surface area contributed by atoms with E-state index in [1.165, 1.54) is 19.3 Å². The Labute approximate surface area is 78.3 Å². The Morgan fingerprint density at radius 1 is 1.46 bits per heavy atom. The van der Waals surface area contributed by atoms with E-state index in [9.17, 15) is 4.79 Å².